The number of unbranched alkanes of at least 4 members (excludes halogenated alkanes) is 3. The van der Waals surface area contributed by atoms with Crippen LogP contribution in [0.4, 0.5) is 23.7 Å². The fourth-order valence-electron chi connectivity index (χ4n) is 4.79. The Morgan fingerprint density at radius 2 is 1.78 bits per heavy atom. The third-order valence-corrected chi connectivity index (χ3v) is 7.66. The van der Waals surface area contributed by atoms with Gasteiger partial charge in [0.15, 0.2) is 5.11 Å². The summed E-state index contributed by atoms with van der Waals surface area (Å²) in [6.45, 7) is 8.12. The molecule has 2 heterocycles. The lowest BCUT2D eigenvalue weighted by Crippen LogP contribution is -2.44. The summed E-state index contributed by atoms with van der Waals surface area (Å²) in [5, 5.41) is 9.05. The first kappa shape index (κ1) is 29.2. The highest BCUT2D eigenvalue weighted by atomic mass is 32.1. The molecule has 2 amide bonds. The molecule has 0 saturated carbocycles. The van der Waals surface area contributed by atoms with Gasteiger partial charge < -0.3 is 14.7 Å². The third-order valence-electron chi connectivity index (χ3n) is 6.98. The quantitative estimate of drug-likeness (QED) is 0.279. The number of halogens is 3. The molecule has 37 heavy (non-hydrogen) atoms. The van der Waals surface area contributed by atoms with E-state index in [4.69, 9.17) is 17.5 Å². The Labute approximate surface area is 226 Å². The van der Waals surface area contributed by atoms with Crippen molar-refractivity contribution in [3.63, 3.8) is 0 Å². The number of thiol groups is 1. The molecule has 2 aliphatic heterocycles. The Morgan fingerprint density at radius 1 is 1.11 bits per heavy atom. The maximum Gasteiger partial charge on any atom is 0.417 e. The Morgan fingerprint density at radius 3 is 2.41 bits per heavy atom. The predicted octanol–water partition coefficient (Wildman–Crippen LogP) is 4.91. The number of thiocarbonyl (C=S) groups is 1. The second-order valence-electron chi connectivity index (χ2n) is 9.85. The van der Waals surface area contributed by atoms with E-state index in [0.29, 0.717) is 13.1 Å². The molecule has 0 N–H and O–H groups in total. The van der Waals surface area contributed by atoms with E-state index in [1.54, 1.807) is 29.7 Å². The number of hydrogen-bond donors (Lipinski definition) is 1. The highest BCUT2D eigenvalue weighted by molar-refractivity contribution is 7.96. The third kappa shape index (κ3) is 6.75. The van der Waals surface area contributed by atoms with Crippen LogP contribution in [0.5, 0.6) is 0 Å². The molecule has 0 aromatic heterocycles. The molecule has 3 rings (SSSR count). The maximum absolute atomic E-state index is 13.5. The average Bonchev–Trinajstić information content (AvgIpc) is 3.00. The summed E-state index contributed by atoms with van der Waals surface area (Å²) in [5.41, 5.74) is -2.58. The number of alkyl halides is 3. The van der Waals surface area contributed by atoms with Gasteiger partial charge in [-0.25, -0.2) is 0 Å². The molecule has 1 aromatic carbocycles. The number of benzene rings is 1. The summed E-state index contributed by atoms with van der Waals surface area (Å²) in [7, 11) is 0. The van der Waals surface area contributed by atoms with Crippen molar-refractivity contribution in [2.45, 2.75) is 57.7 Å². The molecule has 7 nitrogen and oxygen atoms in total. The molecular weight excluding hydrogens is 523 g/mol. The molecule has 0 atom stereocenters. The average molecular weight is 556 g/mol. The van der Waals surface area contributed by atoms with Crippen molar-refractivity contribution >= 4 is 46.8 Å². The lowest BCUT2D eigenvalue weighted by atomic mass is 10.0. The highest BCUT2D eigenvalue weighted by Gasteiger charge is 2.49. The summed E-state index contributed by atoms with van der Waals surface area (Å²) in [6.07, 6.45) is -0.0745. The molecule has 0 unspecified atom stereocenters. The fourth-order valence-corrected chi connectivity index (χ4v) is 5.49. The van der Waals surface area contributed by atoms with Crippen molar-refractivity contribution in [1.82, 2.24) is 14.7 Å². The Hall–Kier alpha value is -2.36. The minimum atomic E-state index is -4.72. The molecule has 2 aliphatic rings. The number of hydrogen-bond acceptors (Lipinski definition) is 5. The van der Waals surface area contributed by atoms with Gasteiger partial charge in [0.1, 0.15) is 5.54 Å². The van der Waals surface area contributed by atoms with Crippen LogP contribution < -0.4 is 4.90 Å². The zero-order valence-electron chi connectivity index (χ0n) is 21.1. The van der Waals surface area contributed by atoms with Gasteiger partial charge in [0.2, 0.25) is 0 Å². The van der Waals surface area contributed by atoms with Gasteiger partial charge in [-0.1, -0.05) is 25.5 Å². The van der Waals surface area contributed by atoms with Crippen LogP contribution in [-0.4, -0.2) is 75.8 Å². The predicted molar refractivity (Wildman–Crippen MR) is 143 cm³/mol. The molecule has 2 saturated heterocycles. The topological polar surface area (TPSA) is 70.9 Å². The zero-order chi connectivity index (χ0) is 27.4. The van der Waals surface area contributed by atoms with Crippen LogP contribution >= 0.6 is 24.8 Å². The number of nitrogens with zero attached hydrogens (tertiary/aromatic N) is 5. The standard InChI is InChI=1S/C25H32F3N5O2S2/c1-24(2)21(34)33(19-9-8-18(17-29)20(16-19)25(26,27)28)22(36)32(24)13-6-4-3-5-10-30-11-7-12-31(15-14-30)23(35)37/h8-9,16H,3-7,10-15H2,1-2H3,(H,35,37). The first-order valence-corrected chi connectivity index (χ1v) is 13.2. The van der Waals surface area contributed by atoms with Gasteiger partial charge in [0, 0.05) is 26.2 Å². The van der Waals surface area contributed by atoms with Crippen LogP contribution in [0.25, 0.3) is 0 Å². The molecule has 0 bridgehead atoms. The van der Waals surface area contributed by atoms with E-state index in [1.807, 2.05) is 0 Å². The summed E-state index contributed by atoms with van der Waals surface area (Å²) < 4.78 is 40.4. The molecule has 2 fully saturated rings. The molecular formula is C25H32F3N5O2S2. The lowest BCUT2D eigenvalue weighted by Gasteiger charge is -2.29. The Bertz CT molecular complexity index is 1070. The van der Waals surface area contributed by atoms with Crippen LogP contribution in [0, 0.1) is 11.3 Å². The minimum Gasteiger partial charge on any atom is -0.334 e. The summed E-state index contributed by atoms with van der Waals surface area (Å²) >= 11 is 9.45. The van der Waals surface area contributed by atoms with Crippen molar-refractivity contribution in [1.29, 1.82) is 5.26 Å². The molecule has 0 aliphatic carbocycles. The molecule has 12 heteroatoms. The van der Waals surface area contributed by atoms with E-state index in [9.17, 15) is 22.8 Å². The van der Waals surface area contributed by atoms with Crippen molar-refractivity contribution in [3.05, 3.63) is 29.3 Å². The Kier molecular flexibility index (Phi) is 9.47. The SMILES string of the molecule is CC1(C)C(=O)N(c2ccc(C#N)c(C(F)(F)F)c2)C(=S)N1CCCCCCN1CCCN(C(=O)S)CC1. The number of nitriles is 1. The normalized spacial score (nSPS) is 18.8. The fraction of sp³-hybridized carbons (Fsp3) is 0.600. The van der Waals surface area contributed by atoms with Crippen LogP contribution in [0.3, 0.4) is 0 Å². The second-order valence-corrected chi connectivity index (χ2v) is 10.6. The van der Waals surface area contributed by atoms with Gasteiger partial charge in [-0.2, -0.15) is 18.4 Å². The number of amides is 2. The summed E-state index contributed by atoms with van der Waals surface area (Å²) in [5.74, 6) is -0.398. The summed E-state index contributed by atoms with van der Waals surface area (Å²) in [4.78, 5) is 31.7. The van der Waals surface area contributed by atoms with E-state index in [0.717, 1.165) is 75.3 Å². The van der Waals surface area contributed by atoms with Crippen molar-refractivity contribution in [2.24, 2.45) is 0 Å². The maximum atomic E-state index is 13.5. The molecule has 0 spiro atoms. The van der Waals surface area contributed by atoms with Crippen LogP contribution in [-0.2, 0) is 11.0 Å². The highest BCUT2D eigenvalue weighted by Crippen LogP contribution is 2.38. The van der Waals surface area contributed by atoms with E-state index in [1.165, 1.54) is 6.07 Å². The lowest BCUT2D eigenvalue weighted by molar-refractivity contribution is -0.137. The minimum absolute atomic E-state index is 0.00697. The van der Waals surface area contributed by atoms with Gasteiger partial charge in [0.05, 0.1) is 22.9 Å². The number of carbonyl (C=O) groups is 2. The van der Waals surface area contributed by atoms with Crippen LogP contribution in [0.15, 0.2) is 18.2 Å². The second kappa shape index (κ2) is 12.0. The molecule has 0 radical (unpaired) electrons. The van der Waals surface area contributed by atoms with E-state index < -0.39 is 28.7 Å². The monoisotopic (exact) mass is 555 g/mol. The summed E-state index contributed by atoms with van der Waals surface area (Å²) in [6, 6.07) is 4.77. The van der Waals surface area contributed by atoms with Crippen molar-refractivity contribution in [3.8, 4) is 6.07 Å². The molecule has 1 aromatic rings. The zero-order valence-corrected chi connectivity index (χ0v) is 22.8. The van der Waals surface area contributed by atoms with Crippen LogP contribution in [0.2, 0.25) is 0 Å². The van der Waals surface area contributed by atoms with E-state index in [2.05, 4.69) is 17.5 Å². The van der Waals surface area contributed by atoms with Gasteiger partial charge in [-0.05, 0) is 76.6 Å². The van der Waals surface area contributed by atoms with Crippen LogP contribution in [0.1, 0.15) is 57.1 Å². The number of rotatable bonds is 8. The first-order chi connectivity index (χ1) is 17.4. The number of anilines is 1. The smallest absolute Gasteiger partial charge is 0.334 e. The largest absolute Gasteiger partial charge is 0.417 e. The van der Waals surface area contributed by atoms with Gasteiger partial charge in [0.25, 0.3) is 11.1 Å². The van der Waals surface area contributed by atoms with Gasteiger partial charge >= 0.3 is 6.18 Å². The van der Waals surface area contributed by atoms with E-state index in [-0.39, 0.29) is 16.0 Å². The Balaban J connectivity index is 1.54. The van der Waals surface area contributed by atoms with Crippen molar-refractivity contribution in [2.75, 3.05) is 44.2 Å². The van der Waals surface area contributed by atoms with Gasteiger partial charge in [-0.15, -0.1) is 0 Å². The molecule has 202 valence electrons. The number of carbonyl (C=O) groups excluding carboxylic acids is 2. The van der Waals surface area contributed by atoms with Gasteiger partial charge in [-0.3, -0.25) is 14.5 Å². The van der Waals surface area contributed by atoms with E-state index >= 15 is 0 Å². The first-order valence-electron chi connectivity index (χ1n) is 12.4. The van der Waals surface area contributed by atoms with Crippen molar-refractivity contribution < 1.29 is 22.8 Å².